The maximum atomic E-state index is 12.6. The number of carbonyl (C=O) groups excluding carboxylic acids is 2. The zero-order chi connectivity index (χ0) is 14.5. The van der Waals surface area contributed by atoms with Crippen LogP contribution >= 0.6 is 11.6 Å². The molecule has 1 aliphatic carbocycles. The zero-order valence-corrected chi connectivity index (χ0v) is 12.5. The number of imide groups is 1. The Hall–Kier alpha value is -1.35. The first-order chi connectivity index (χ1) is 9.63. The van der Waals surface area contributed by atoms with Crippen LogP contribution in [0.2, 0.25) is 5.02 Å². The van der Waals surface area contributed by atoms with Crippen LogP contribution < -0.4 is 0 Å². The summed E-state index contributed by atoms with van der Waals surface area (Å²) in [4.78, 5) is 26.3. The molecule has 4 heteroatoms. The summed E-state index contributed by atoms with van der Waals surface area (Å²) >= 11 is 5.84. The molecular weight excluding hydrogens is 274 g/mol. The molecule has 3 nitrogen and oxygen atoms in total. The van der Waals surface area contributed by atoms with Gasteiger partial charge in [-0.15, -0.1) is 0 Å². The third kappa shape index (κ3) is 3.40. The summed E-state index contributed by atoms with van der Waals surface area (Å²) in [5.41, 5.74) is 0.529. The molecule has 0 N–H and O–H groups in total. The number of rotatable bonds is 3. The van der Waals surface area contributed by atoms with Crippen LogP contribution in [0.25, 0.3) is 0 Å². The van der Waals surface area contributed by atoms with Crippen molar-refractivity contribution in [2.24, 2.45) is 0 Å². The Kier molecular flexibility index (Phi) is 5.18. The first-order valence-electron chi connectivity index (χ1n) is 7.25. The van der Waals surface area contributed by atoms with Crippen molar-refractivity contribution in [1.29, 1.82) is 0 Å². The fourth-order valence-electron chi connectivity index (χ4n) is 2.72. The van der Waals surface area contributed by atoms with Gasteiger partial charge < -0.3 is 0 Å². The lowest BCUT2D eigenvalue weighted by molar-refractivity contribution is -0.130. The van der Waals surface area contributed by atoms with Crippen LogP contribution in [0.15, 0.2) is 24.3 Å². The highest BCUT2D eigenvalue weighted by Crippen LogP contribution is 2.25. The van der Waals surface area contributed by atoms with Gasteiger partial charge in [-0.25, -0.2) is 0 Å². The summed E-state index contributed by atoms with van der Waals surface area (Å²) in [7, 11) is 0. The van der Waals surface area contributed by atoms with E-state index in [1.807, 2.05) is 0 Å². The van der Waals surface area contributed by atoms with Crippen LogP contribution in [-0.4, -0.2) is 22.8 Å². The molecule has 108 valence electrons. The van der Waals surface area contributed by atoms with E-state index in [1.165, 1.54) is 11.3 Å². The van der Waals surface area contributed by atoms with E-state index in [4.69, 9.17) is 11.6 Å². The predicted octanol–water partition coefficient (Wildman–Crippen LogP) is 4.05. The number of nitrogens with zero attached hydrogens (tertiary/aromatic N) is 1. The van der Waals surface area contributed by atoms with Crippen LogP contribution in [-0.2, 0) is 4.79 Å². The van der Waals surface area contributed by atoms with Crippen molar-refractivity contribution in [2.45, 2.75) is 51.5 Å². The lowest BCUT2D eigenvalue weighted by Crippen LogP contribution is -2.45. The summed E-state index contributed by atoms with van der Waals surface area (Å²) in [6.45, 7) is 1.80. The zero-order valence-electron chi connectivity index (χ0n) is 11.8. The van der Waals surface area contributed by atoms with E-state index in [-0.39, 0.29) is 17.9 Å². The number of hydrogen-bond acceptors (Lipinski definition) is 2. The molecule has 2 amide bonds. The molecule has 0 bridgehead atoms. The lowest BCUT2D eigenvalue weighted by atomic mass is 9.93. The molecule has 0 heterocycles. The number of carbonyl (C=O) groups is 2. The predicted molar refractivity (Wildman–Crippen MR) is 79.8 cm³/mol. The Morgan fingerprint density at radius 2 is 1.75 bits per heavy atom. The fraction of sp³-hybridized carbons (Fsp3) is 0.500. The van der Waals surface area contributed by atoms with Gasteiger partial charge in [0.2, 0.25) is 5.91 Å². The van der Waals surface area contributed by atoms with Gasteiger partial charge in [0.05, 0.1) is 0 Å². The van der Waals surface area contributed by atoms with Gasteiger partial charge in [-0.1, -0.05) is 37.8 Å². The largest absolute Gasteiger partial charge is 0.275 e. The van der Waals surface area contributed by atoms with Crippen molar-refractivity contribution in [3.8, 4) is 0 Å². The van der Waals surface area contributed by atoms with Crippen LogP contribution in [0.1, 0.15) is 55.8 Å². The first kappa shape index (κ1) is 15.0. The Labute approximate surface area is 124 Å². The average Bonchev–Trinajstić information content (AvgIpc) is 2.49. The van der Waals surface area contributed by atoms with Gasteiger partial charge in [0.1, 0.15) is 0 Å². The minimum absolute atomic E-state index is 0.0550. The minimum atomic E-state index is -0.194. The van der Waals surface area contributed by atoms with Crippen LogP contribution in [0.3, 0.4) is 0 Å². The topological polar surface area (TPSA) is 37.4 Å². The summed E-state index contributed by atoms with van der Waals surface area (Å²) in [6, 6.07) is 6.79. The first-order valence-corrected chi connectivity index (χ1v) is 7.63. The third-order valence-electron chi connectivity index (χ3n) is 3.82. The Bertz CT molecular complexity index is 478. The van der Waals surface area contributed by atoms with Crippen molar-refractivity contribution in [1.82, 2.24) is 4.90 Å². The second-order valence-electron chi connectivity index (χ2n) is 5.22. The smallest absolute Gasteiger partial charge is 0.260 e. The Balaban J connectivity index is 2.23. The van der Waals surface area contributed by atoms with Crippen LogP contribution in [0, 0.1) is 0 Å². The van der Waals surface area contributed by atoms with Crippen molar-refractivity contribution in [3.63, 3.8) is 0 Å². The van der Waals surface area contributed by atoms with E-state index in [0.717, 1.165) is 25.7 Å². The van der Waals surface area contributed by atoms with Crippen LogP contribution in [0.4, 0.5) is 0 Å². The fourth-order valence-corrected chi connectivity index (χ4v) is 2.85. The molecule has 0 aliphatic heterocycles. The van der Waals surface area contributed by atoms with Gasteiger partial charge in [0, 0.05) is 23.0 Å². The van der Waals surface area contributed by atoms with E-state index in [9.17, 15) is 9.59 Å². The molecule has 1 aliphatic rings. The van der Waals surface area contributed by atoms with Crippen molar-refractivity contribution < 1.29 is 9.59 Å². The quantitative estimate of drug-likeness (QED) is 0.843. The molecule has 0 atom stereocenters. The molecule has 0 aromatic heterocycles. The Morgan fingerprint density at radius 3 is 2.30 bits per heavy atom. The Morgan fingerprint density at radius 1 is 1.15 bits per heavy atom. The number of hydrogen-bond donors (Lipinski definition) is 0. The minimum Gasteiger partial charge on any atom is -0.275 e. The number of amides is 2. The van der Waals surface area contributed by atoms with E-state index >= 15 is 0 Å². The number of benzene rings is 1. The average molecular weight is 294 g/mol. The summed E-state index contributed by atoms with van der Waals surface area (Å²) < 4.78 is 0. The van der Waals surface area contributed by atoms with Crippen LogP contribution in [0.5, 0.6) is 0 Å². The molecule has 0 radical (unpaired) electrons. The molecule has 1 fully saturated rings. The number of halogens is 1. The molecule has 20 heavy (non-hydrogen) atoms. The van der Waals surface area contributed by atoms with E-state index < -0.39 is 0 Å². The molecule has 1 aromatic rings. The highest BCUT2D eigenvalue weighted by atomic mass is 35.5. The molecule has 1 saturated carbocycles. The van der Waals surface area contributed by atoms with Crippen molar-refractivity contribution >= 4 is 23.4 Å². The maximum absolute atomic E-state index is 12.6. The van der Waals surface area contributed by atoms with Crippen molar-refractivity contribution in [3.05, 3.63) is 34.9 Å². The van der Waals surface area contributed by atoms with Gasteiger partial charge >= 0.3 is 0 Å². The van der Waals surface area contributed by atoms with E-state index in [2.05, 4.69) is 0 Å². The molecule has 0 spiro atoms. The van der Waals surface area contributed by atoms with Gasteiger partial charge in [-0.05, 0) is 37.1 Å². The molecular formula is C16H20ClNO2. The second-order valence-corrected chi connectivity index (χ2v) is 5.66. The second kappa shape index (κ2) is 6.89. The van der Waals surface area contributed by atoms with Gasteiger partial charge in [0.25, 0.3) is 5.91 Å². The van der Waals surface area contributed by atoms with Gasteiger partial charge in [-0.3, -0.25) is 14.5 Å². The molecule has 1 aromatic carbocycles. The van der Waals surface area contributed by atoms with Gasteiger partial charge in [-0.2, -0.15) is 0 Å². The normalized spacial score (nSPS) is 15.9. The lowest BCUT2D eigenvalue weighted by Gasteiger charge is -2.32. The summed E-state index contributed by atoms with van der Waals surface area (Å²) in [6.07, 6.45) is 5.57. The SMILES string of the molecule is CCC(=O)N(C(=O)c1ccc(Cl)cc1)C1CCCCC1. The van der Waals surface area contributed by atoms with E-state index in [0.29, 0.717) is 17.0 Å². The highest BCUT2D eigenvalue weighted by Gasteiger charge is 2.30. The van der Waals surface area contributed by atoms with E-state index in [1.54, 1.807) is 31.2 Å². The van der Waals surface area contributed by atoms with Gasteiger partial charge in [0.15, 0.2) is 0 Å². The third-order valence-corrected chi connectivity index (χ3v) is 4.07. The summed E-state index contributed by atoms with van der Waals surface area (Å²) in [5, 5.41) is 0.590. The summed E-state index contributed by atoms with van der Waals surface area (Å²) in [5.74, 6) is -0.280. The highest BCUT2D eigenvalue weighted by molar-refractivity contribution is 6.30. The maximum Gasteiger partial charge on any atom is 0.260 e. The standard InChI is InChI=1S/C16H20ClNO2/c1-2-15(19)18(14-6-4-3-5-7-14)16(20)12-8-10-13(17)11-9-12/h8-11,14H,2-7H2,1H3. The van der Waals surface area contributed by atoms with Crippen molar-refractivity contribution in [2.75, 3.05) is 0 Å². The molecule has 0 saturated heterocycles. The molecule has 0 unspecified atom stereocenters. The monoisotopic (exact) mass is 293 g/mol. The molecule has 2 rings (SSSR count).